The van der Waals surface area contributed by atoms with E-state index >= 15 is 0 Å². The molecule has 1 nitrogen and oxygen atoms in total. The normalized spacial score (nSPS) is 10.5. The summed E-state index contributed by atoms with van der Waals surface area (Å²) in [5, 5.41) is 0.715. The summed E-state index contributed by atoms with van der Waals surface area (Å²) in [4.78, 5) is 5.30. The predicted molar refractivity (Wildman–Crippen MR) is 59.9 cm³/mol. The van der Waals surface area contributed by atoms with Crippen molar-refractivity contribution in [1.82, 2.24) is 4.98 Å². The number of nitrogens with zero attached hydrogens (tertiary/aromatic N) is 1. The van der Waals surface area contributed by atoms with E-state index in [-0.39, 0.29) is 5.82 Å². The van der Waals surface area contributed by atoms with Gasteiger partial charge in [0.2, 0.25) is 0 Å². The van der Waals surface area contributed by atoms with E-state index in [0.29, 0.717) is 10.6 Å². The van der Waals surface area contributed by atoms with Gasteiger partial charge in [-0.3, -0.25) is 0 Å². The van der Waals surface area contributed by atoms with Crippen molar-refractivity contribution >= 4 is 27.3 Å². The van der Waals surface area contributed by atoms with Crippen LogP contribution in [0.1, 0.15) is 4.88 Å². The van der Waals surface area contributed by atoms with E-state index in [0.717, 1.165) is 9.48 Å². The number of thiazole rings is 1. The van der Waals surface area contributed by atoms with Crippen molar-refractivity contribution < 1.29 is 4.39 Å². The summed E-state index contributed by atoms with van der Waals surface area (Å²) in [7, 11) is 0. The van der Waals surface area contributed by atoms with Crippen molar-refractivity contribution in [2.75, 3.05) is 0 Å². The van der Waals surface area contributed by atoms with Gasteiger partial charge in [0, 0.05) is 10.4 Å². The molecule has 0 N–H and O–H groups in total. The van der Waals surface area contributed by atoms with Gasteiger partial charge in [-0.2, -0.15) is 0 Å². The number of rotatable bonds is 1. The first-order valence-electron chi connectivity index (χ1n) is 4.06. The third kappa shape index (κ3) is 1.72. The Labute approximate surface area is 93.7 Å². The maximum Gasteiger partial charge on any atom is 0.133 e. The summed E-state index contributed by atoms with van der Waals surface area (Å²) in [6, 6.07) is 6.66. The Bertz CT molecular complexity index is 447. The SMILES string of the molecule is Cc1sc(-c2ccccc2F)nc1Br. The highest BCUT2D eigenvalue weighted by Crippen LogP contribution is 2.31. The lowest BCUT2D eigenvalue weighted by molar-refractivity contribution is 0.631. The van der Waals surface area contributed by atoms with Gasteiger partial charge in [-0.15, -0.1) is 11.3 Å². The van der Waals surface area contributed by atoms with Crippen LogP contribution in [0.3, 0.4) is 0 Å². The highest BCUT2D eigenvalue weighted by Gasteiger charge is 2.10. The van der Waals surface area contributed by atoms with Crippen LogP contribution in [0.25, 0.3) is 10.6 Å². The van der Waals surface area contributed by atoms with Gasteiger partial charge in [-0.05, 0) is 35.0 Å². The van der Waals surface area contributed by atoms with Crippen LogP contribution in [0.4, 0.5) is 4.39 Å². The quantitative estimate of drug-likeness (QED) is 0.764. The zero-order chi connectivity index (χ0) is 10.1. The topological polar surface area (TPSA) is 12.9 Å². The van der Waals surface area contributed by atoms with Crippen molar-refractivity contribution in [3.05, 3.63) is 39.6 Å². The van der Waals surface area contributed by atoms with Crippen molar-refractivity contribution in [3.63, 3.8) is 0 Å². The van der Waals surface area contributed by atoms with Crippen LogP contribution in [0, 0.1) is 12.7 Å². The lowest BCUT2D eigenvalue weighted by atomic mass is 10.2. The van der Waals surface area contributed by atoms with E-state index in [9.17, 15) is 4.39 Å². The van der Waals surface area contributed by atoms with Gasteiger partial charge < -0.3 is 0 Å². The Morgan fingerprint density at radius 2 is 2.07 bits per heavy atom. The van der Waals surface area contributed by atoms with E-state index in [1.807, 2.05) is 13.0 Å². The molecule has 0 saturated heterocycles. The first kappa shape index (κ1) is 9.80. The Morgan fingerprint density at radius 1 is 1.36 bits per heavy atom. The molecule has 1 heterocycles. The monoisotopic (exact) mass is 271 g/mol. The fourth-order valence-electron chi connectivity index (χ4n) is 1.13. The third-order valence-electron chi connectivity index (χ3n) is 1.84. The van der Waals surface area contributed by atoms with Crippen LogP contribution in [0.5, 0.6) is 0 Å². The lowest BCUT2D eigenvalue weighted by Gasteiger charge is -1.96. The fourth-order valence-corrected chi connectivity index (χ4v) is 2.50. The Morgan fingerprint density at radius 3 is 2.64 bits per heavy atom. The van der Waals surface area contributed by atoms with E-state index < -0.39 is 0 Å². The first-order chi connectivity index (χ1) is 6.68. The second kappa shape index (κ2) is 3.79. The van der Waals surface area contributed by atoms with E-state index in [1.165, 1.54) is 17.4 Å². The van der Waals surface area contributed by atoms with Crippen LogP contribution < -0.4 is 0 Å². The maximum atomic E-state index is 13.4. The standard InChI is InChI=1S/C10H7BrFNS/c1-6-9(11)13-10(14-6)7-4-2-3-5-8(7)12/h2-5H,1H3. The summed E-state index contributed by atoms with van der Waals surface area (Å²) in [5.74, 6) is -0.228. The maximum absolute atomic E-state index is 13.4. The molecule has 2 aromatic rings. The van der Waals surface area contributed by atoms with Crippen molar-refractivity contribution in [2.24, 2.45) is 0 Å². The third-order valence-corrected chi connectivity index (χ3v) is 3.88. The molecule has 2 rings (SSSR count). The molecule has 0 aliphatic rings. The van der Waals surface area contributed by atoms with Gasteiger partial charge in [0.05, 0.1) is 0 Å². The Balaban J connectivity index is 2.55. The zero-order valence-corrected chi connectivity index (χ0v) is 9.82. The molecule has 0 aliphatic carbocycles. The number of aryl methyl sites for hydroxylation is 1. The first-order valence-corrected chi connectivity index (χ1v) is 5.67. The van der Waals surface area contributed by atoms with Gasteiger partial charge >= 0.3 is 0 Å². The minimum absolute atomic E-state index is 0.228. The fraction of sp³-hybridized carbons (Fsp3) is 0.100. The molecular formula is C10H7BrFNS. The van der Waals surface area contributed by atoms with Gasteiger partial charge in [-0.1, -0.05) is 12.1 Å². The molecule has 72 valence electrons. The van der Waals surface area contributed by atoms with Crippen molar-refractivity contribution in [2.45, 2.75) is 6.92 Å². The molecule has 0 radical (unpaired) electrons. The molecule has 0 aliphatic heterocycles. The molecule has 0 spiro atoms. The Hall–Kier alpha value is -0.740. The highest BCUT2D eigenvalue weighted by atomic mass is 79.9. The number of hydrogen-bond acceptors (Lipinski definition) is 2. The van der Waals surface area contributed by atoms with Crippen LogP contribution in [0.2, 0.25) is 0 Å². The van der Waals surface area contributed by atoms with Gasteiger partial charge in [-0.25, -0.2) is 9.37 Å². The second-order valence-electron chi connectivity index (χ2n) is 2.85. The van der Waals surface area contributed by atoms with Crippen LogP contribution in [-0.4, -0.2) is 4.98 Å². The largest absolute Gasteiger partial charge is 0.229 e. The van der Waals surface area contributed by atoms with Crippen LogP contribution in [0.15, 0.2) is 28.9 Å². The summed E-state index contributed by atoms with van der Waals surface area (Å²) in [6.45, 7) is 1.95. The highest BCUT2D eigenvalue weighted by molar-refractivity contribution is 9.10. The second-order valence-corrected chi connectivity index (χ2v) is 4.80. The average Bonchev–Trinajstić information content (AvgIpc) is 2.48. The van der Waals surface area contributed by atoms with E-state index in [4.69, 9.17) is 0 Å². The average molecular weight is 272 g/mol. The molecule has 4 heteroatoms. The van der Waals surface area contributed by atoms with E-state index in [1.54, 1.807) is 12.1 Å². The van der Waals surface area contributed by atoms with E-state index in [2.05, 4.69) is 20.9 Å². The van der Waals surface area contributed by atoms with Crippen molar-refractivity contribution in [1.29, 1.82) is 0 Å². The number of aromatic nitrogens is 1. The van der Waals surface area contributed by atoms with Gasteiger partial charge in [0.1, 0.15) is 15.4 Å². The molecule has 0 unspecified atom stereocenters. The molecule has 14 heavy (non-hydrogen) atoms. The molecule has 0 amide bonds. The molecule has 0 saturated carbocycles. The summed E-state index contributed by atoms with van der Waals surface area (Å²) in [5.41, 5.74) is 0.561. The number of hydrogen-bond donors (Lipinski definition) is 0. The molecular weight excluding hydrogens is 265 g/mol. The van der Waals surface area contributed by atoms with Crippen LogP contribution >= 0.6 is 27.3 Å². The molecule has 1 aromatic heterocycles. The lowest BCUT2D eigenvalue weighted by Crippen LogP contribution is -1.81. The number of benzene rings is 1. The molecule has 1 aromatic carbocycles. The van der Waals surface area contributed by atoms with Crippen LogP contribution in [-0.2, 0) is 0 Å². The summed E-state index contributed by atoms with van der Waals surface area (Å²) < 4.78 is 14.2. The number of halogens is 2. The minimum Gasteiger partial charge on any atom is -0.229 e. The molecule has 0 fully saturated rings. The Kier molecular flexibility index (Phi) is 2.65. The minimum atomic E-state index is -0.228. The molecule has 0 atom stereocenters. The smallest absolute Gasteiger partial charge is 0.133 e. The summed E-state index contributed by atoms with van der Waals surface area (Å²) in [6.07, 6.45) is 0. The van der Waals surface area contributed by atoms with Gasteiger partial charge in [0.15, 0.2) is 0 Å². The predicted octanol–water partition coefficient (Wildman–Crippen LogP) is 4.02. The van der Waals surface area contributed by atoms with Crippen molar-refractivity contribution in [3.8, 4) is 10.6 Å². The zero-order valence-electron chi connectivity index (χ0n) is 7.42. The summed E-state index contributed by atoms with van der Waals surface area (Å²) >= 11 is 4.80. The molecule has 0 bridgehead atoms. The van der Waals surface area contributed by atoms with Gasteiger partial charge in [0.25, 0.3) is 0 Å².